The fraction of sp³-hybridized carbons (Fsp3) is 0.435. The number of fused-ring (bicyclic) bond motifs is 1. The van der Waals surface area contributed by atoms with E-state index in [-0.39, 0.29) is 24.3 Å². The van der Waals surface area contributed by atoms with Crippen LogP contribution in [0.3, 0.4) is 0 Å². The summed E-state index contributed by atoms with van der Waals surface area (Å²) >= 11 is 0. The lowest BCUT2D eigenvalue weighted by Gasteiger charge is -2.29. The maximum Gasteiger partial charge on any atom is 0.258 e. The van der Waals surface area contributed by atoms with E-state index < -0.39 is 5.82 Å². The molecule has 1 N–H and O–H groups in total. The number of nitrogens with zero attached hydrogens (tertiary/aromatic N) is 2. The van der Waals surface area contributed by atoms with E-state index in [0.29, 0.717) is 6.54 Å². The molecule has 2 aliphatic rings. The van der Waals surface area contributed by atoms with Gasteiger partial charge in [-0.15, -0.1) is 0 Å². The second kappa shape index (κ2) is 8.82. The Morgan fingerprint density at radius 1 is 1.17 bits per heavy atom. The highest BCUT2D eigenvalue weighted by Crippen LogP contribution is 2.32. The van der Waals surface area contributed by atoms with Crippen molar-refractivity contribution in [2.75, 3.05) is 44.7 Å². The van der Waals surface area contributed by atoms with Gasteiger partial charge in [0.05, 0.1) is 6.04 Å². The molecular weight excluding hydrogens is 369 g/mol. The number of halogens is 1. The van der Waals surface area contributed by atoms with Gasteiger partial charge in [-0.2, -0.15) is 0 Å². The van der Waals surface area contributed by atoms with E-state index in [1.165, 1.54) is 41.8 Å². The van der Waals surface area contributed by atoms with Crippen LogP contribution in [0.2, 0.25) is 0 Å². The third-order valence-electron chi connectivity index (χ3n) is 5.89. The molecule has 1 atom stereocenters. The Morgan fingerprint density at radius 3 is 2.76 bits per heavy atom. The summed E-state index contributed by atoms with van der Waals surface area (Å²) < 4.78 is 19.0. The topological polar surface area (TPSA) is 44.8 Å². The number of benzene rings is 2. The number of nitrogens with one attached hydrogen (secondary N) is 1. The summed E-state index contributed by atoms with van der Waals surface area (Å²) in [5, 5.41) is 2.99. The third-order valence-corrected chi connectivity index (χ3v) is 5.89. The van der Waals surface area contributed by atoms with E-state index in [1.807, 2.05) is 0 Å². The fourth-order valence-electron chi connectivity index (χ4n) is 4.27. The SMILES string of the molecule is CN1CCc2cc([C@@H](CNC(=O)COc3ccccc3F)N3CCCC3)ccc21. The van der Waals surface area contributed by atoms with Crippen LogP contribution in [0.1, 0.15) is 30.0 Å². The highest BCUT2D eigenvalue weighted by Gasteiger charge is 2.26. The maximum absolute atomic E-state index is 13.6. The van der Waals surface area contributed by atoms with E-state index >= 15 is 0 Å². The molecule has 2 aliphatic heterocycles. The van der Waals surface area contributed by atoms with Crippen LogP contribution in [0.5, 0.6) is 5.75 Å². The highest BCUT2D eigenvalue weighted by molar-refractivity contribution is 5.77. The first-order valence-electron chi connectivity index (χ1n) is 10.3. The zero-order valence-corrected chi connectivity index (χ0v) is 16.9. The molecule has 2 heterocycles. The lowest BCUT2D eigenvalue weighted by atomic mass is 10.0. The minimum absolute atomic E-state index is 0.0986. The first-order chi connectivity index (χ1) is 14.1. The normalized spacial score (nSPS) is 17.2. The van der Waals surface area contributed by atoms with E-state index in [4.69, 9.17) is 4.74 Å². The Balaban J connectivity index is 1.40. The largest absolute Gasteiger partial charge is 0.481 e. The number of carbonyl (C=O) groups is 1. The molecule has 2 aromatic rings. The number of likely N-dealkylation sites (tertiary alicyclic amines) is 1. The molecule has 0 bridgehead atoms. The van der Waals surface area contributed by atoms with Gasteiger partial charge in [0.2, 0.25) is 0 Å². The van der Waals surface area contributed by atoms with Crippen LogP contribution < -0.4 is 15.0 Å². The molecule has 0 radical (unpaired) electrons. The summed E-state index contributed by atoms with van der Waals surface area (Å²) in [4.78, 5) is 17.1. The first kappa shape index (κ1) is 19.7. The molecule has 1 amide bonds. The van der Waals surface area contributed by atoms with Gasteiger partial charge in [0.1, 0.15) is 0 Å². The van der Waals surface area contributed by atoms with E-state index in [2.05, 4.69) is 40.4 Å². The monoisotopic (exact) mass is 397 g/mol. The van der Waals surface area contributed by atoms with Gasteiger partial charge in [0, 0.05) is 25.8 Å². The van der Waals surface area contributed by atoms with Crippen molar-refractivity contribution in [1.29, 1.82) is 0 Å². The van der Waals surface area contributed by atoms with Crippen molar-refractivity contribution >= 4 is 11.6 Å². The molecule has 154 valence electrons. The minimum atomic E-state index is -0.460. The Morgan fingerprint density at radius 2 is 1.97 bits per heavy atom. The summed E-state index contributed by atoms with van der Waals surface area (Å²) in [6.45, 7) is 3.47. The summed E-state index contributed by atoms with van der Waals surface area (Å²) in [5.41, 5.74) is 3.93. The summed E-state index contributed by atoms with van der Waals surface area (Å²) in [6.07, 6.45) is 3.44. The van der Waals surface area contributed by atoms with Gasteiger partial charge < -0.3 is 15.0 Å². The van der Waals surface area contributed by atoms with Crippen molar-refractivity contribution in [3.8, 4) is 5.75 Å². The van der Waals surface area contributed by atoms with Crippen LogP contribution in [0, 0.1) is 5.82 Å². The Bertz CT molecular complexity index is 867. The molecule has 1 fully saturated rings. The lowest BCUT2D eigenvalue weighted by molar-refractivity contribution is -0.123. The fourth-order valence-corrected chi connectivity index (χ4v) is 4.27. The first-order valence-corrected chi connectivity index (χ1v) is 10.3. The van der Waals surface area contributed by atoms with Crippen LogP contribution >= 0.6 is 0 Å². The van der Waals surface area contributed by atoms with Gasteiger partial charge >= 0.3 is 0 Å². The lowest BCUT2D eigenvalue weighted by Crippen LogP contribution is -2.38. The zero-order chi connectivity index (χ0) is 20.2. The van der Waals surface area contributed by atoms with Crippen molar-refractivity contribution in [1.82, 2.24) is 10.2 Å². The van der Waals surface area contributed by atoms with Gasteiger partial charge in [-0.25, -0.2) is 4.39 Å². The van der Waals surface area contributed by atoms with Gasteiger partial charge in [-0.3, -0.25) is 9.69 Å². The summed E-state index contributed by atoms with van der Waals surface area (Å²) in [5.74, 6) is -0.599. The Labute approximate surface area is 171 Å². The molecule has 2 aromatic carbocycles. The molecule has 0 aliphatic carbocycles. The Hall–Kier alpha value is -2.60. The van der Waals surface area contributed by atoms with Crippen LogP contribution in [0.15, 0.2) is 42.5 Å². The second-order valence-electron chi connectivity index (χ2n) is 7.84. The number of hydrogen-bond acceptors (Lipinski definition) is 4. The number of anilines is 1. The summed E-state index contributed by atoms with van der Waals surface area (Å²) in [7, 11) is 2.12. The minimum Gasteiger partial charge on any atom is -0.481 e. The smallest absolute Gasteiger partial charge is 0.258 e. The van der Waals surface area contributed by atoms with Crippen LogP contribution in [-0.2, 0) is 11.2 Å². The number of para-hydroxylation sites is 1. The summed E-state index contributed by atoms with van der Waals surface area (Å²) in [6, 6.07) is 13.0. The maximum atomic E-state index is 13.6. The van der Waals surface area contributed by atoms with Gasteiger partial charge in [0.15, 0.2) is 18.2 Å². The average molecular weight is 397 g/mol. The number of carbonyl (C=O) groups excluding carboxylic acids is 1. The van der Waals surface area contributed by atoms with Crippen LogP contribution in [-0.4, -0.2) is 50.6 Å². The van der Waals surface area contributed by atoms with Crippen molar-refractivity contribution in [3.05, 3.63) is 59.4 Å². The van der Waals surface area contributed by atoms with Crippen LogP contribution in [0.25, 0.3) is 0 Å². The van der Waals surface area contributed by atoms with E-state index in [0.717, 1.165) is 26.1 Å². The van der Waals surface area contributed by atoms with Crippen LogP contribution in [0.4, 0.5) is 10.1 Å². The molecule has 0 saturated carbocycles. The molecular formula is C23H28FN3O2. The number of amides is 1. The number of rotatable bonds is 7. The van der Waals surface area contributed by atoms with Crippen molar-refractivity contribution in [2.24, 2.45) is 0 Å². The van der Waals surface area contributed by atoms with E-state index in [9.17, 15) is 9.18 Å². The molecule has 1 saturated heterocycles. The number of likely N-dealkylation sites (N-methyl/N-ethyl adjacent to an activating group) is 1. The molecule has 0 unspecified atom stereocenters. The average Bonchev–Trinajstić information content (AvgIpc) is 3.38. The molecule has 6 heteroatoms. The molecule has 4 rings (SSSR count). The van der Waals surface area contributed by atoms with E-state index in [1.54, 1.807) is 12.1 Å². The zero-order valence-electron chi connectivity index (χ0n) is 16.9. The van der Waals surface area contributed by atoms with Gasteiger partial charge in [-0.1, -0.05) is 24.3 Å². The predicted molar refractivity (Wildman–Crippen MR) is 112 cm³/mol. The second-order valence-corrected chi connectivity index (χ2v) is 7.84. The van der Waals surface area contributed by atoms with Crippen molar-refractivity contribution in [2.45, 2.75) is 25.3 Å². The third kappa shape index (κ3) is 4.53. The number of ether oxygens (including phenoxy) is 1. The standard InChI is InChI=1S/C23H28FN3O2/c1-26-13-10-18-14-17(8-9-20(18)26)21(27-11-4-5-12-27)15-25-23(28)16-29-22-7-3-2-6-19(22)24/h2-3,6-9,14,21H,4-5,10-13,15-16H2,1H3,(H,25,28)/t21-/m1/s1. The van der Waals surface area contributed by atoms with Crippen molar-refractivity contribution in [3.63, 3.8) is 0 Å². The quantitative estimate of drug-likeness (QED) is 0.780. The molecule has 5 nitrogen and oxygen atoms in total. The Kier molecular flexibility index (Phi) is 6.00. The molecule has 29 heavy (non-hydrogen) atoms. The molecule has 0 spiro atoms. The van der Waals surface area contributed by atoms with Crippen molar-refractivity contribution < 1.29 is 13.9 Å². The van der Waals surface area contributed by atoms with Gasteiger partial charge in [0.25, 0.3) is 5.91 Å². The highest BCUT2D eigenvalue weighted by atomic mass is 19.1. The van der Waals surface area contributed by atoms with Gasteiger partial charge in [-0.05, 0) is 61.7 Å². The number of hydrogen-bond donors (Lipinski definition) is 1. The molecule has 0 aromatic heterocycles. The predicted octanol–water partition coefficient (Wildman–Crippen LogP) is 3.15.